The van der Waals surface area contributed by atoms with Gasteiger partial charge in [0.1, 0.15) is 0 Å². The van der Waals surface area contributed by atoms with Gasteiger partial charge in [0, 0.05) is 7.05 Å². The molecule has 0 spiro atoms. The molecule has 0 aliphatic heterocycles. The van der Waals surface area contributed by atoms with Crippen molar-refractivity contribution in [1.82, 2.24) is 9.78 Å². The summed E-state index contributed by atoms with van der Waals surface area (Å²) in [6.45, 7) is 2.06. The molecule has 1 heterocycles. The molecule has 0 saturated heterocycles. The quantitative estimate of drug-likeness (QED) is 0.884. The Morgan fingerprint density at radius 2 is 2.25 bits per heavy atom. The van der Waals surface area contributed by atoms with Crippen molar-refractivity contribution in [1.29, 1.82) is 0 Å². The fourth-order valence-electron chi connectivity index (χ4n) is 2.55. The molecular formula is C12H19ClN2O. The second-order valence-corrected chi connectivity index (χ2v) is 5.02. The molecule has 16 heavy (non-hydrogen) atoms. The molecule has 3 nitrogen and oxygen atoms in total. The predicted molar refractivity (Wildman–Crippen MR) is 64.6 cm³/mol. The van der Waals surface area contributed by atoms with Gasteiger partial charge in [-0.1, -0.05) is 24.9 Å². The van der Waals surface area contributed by atoms with E-state index in [4.69, 9.17) is 11.6 Å². The van der Waals surface area contributed by atoms with Gasteiger partial charge in [0.05, 0.1) is 22.5 Å². The standard InChI is InChI=1S/C12H19ClN2O/c1-3-9-12(13)10(15(2)14-9)7-8-5-4-6-11(8)16/h8,11,16H,3-7H2,1-2H3. The van der Waals surface area contributed by atoms with E-state index in [-0.39, 0.29) is 6.10 Å². The number of aliphatic hydroxyl groups is 1. The van der Waals surface area contributed by atoms with Crippen molar-refractivity contribution in [2.45, 2.75) is 45.1 Å². The Morgan fingerprint density at radius 3 is 2.75 bits per heavy atom. The van der Waals surface area contributed by atoms with E-state index >= 15 is 0 Å². The molecule has 0 amide bonds. The number of hydrogen-bond donors (Lipinski definition) is 1. The number of hydrogen-bond acceptors (Lipinski definition) is 2. The first-order valence-corrected chi connectivity index (χ1v) is 6.39. The van der Waals surface area contributed by atoms with E-state index in [0.29, 0.717) is 5.92 Å². The van der Waals surface area contributed by atoms with Gasteiger partial charge in [-0.25, -0.2) is 0 Å². The number of rotatable bonds is 3. The van der Waals surface area contributed by atoms with Crippen LogP contribution in [0.3, 0.4) is 0 Å². The van der Waals surface area contributed by atoms with E-state index < -0.39 is 0 Å². The van der Waals surface area contributed by atoms with Crippen LogP contribution in [0.25, 0.3) is 0 Å². The molecule has 1 fully saturated rings. The summed E-state index contributed by atoms with van der Waals surface area (Å²) < 4.78 is 1.87. The highest BCUT2D eigenvalue weighted by molar-refractivity contribution is 6.31. The number of nitrogens with zero attached hydrogens (tertiary/aromatic N) is 2. The molecule has 2 unspecified atom stereocenters. The van der Waals surface area contributed by atoms with Crippen LogP contribution in [-0.4, -0.2) is 21.0 Å². The normalized spacial score (nSPS) is 25.2. The molecule has 0 radical (unpaired) electrons. The molecule has 0 bridgehead atoms. The summed E-state index contributed by atoms with van der Waals surface area (Å²) in [7, 11) is 1.93. The second-order valence-electron chi connectivity index (χ2n) is 4.65. The lowest BCUT2D eigenvalue weighted by molar-refractivity contribution is 0.131. The maximum absolute atomic E-state index is 9.82. The minimum atomic E-state index is -0.156. The van der Waals surface area contributed by atoms with E-state index in [2.05, 4.69) is 12.0 Å². The Bertz CT molecular complexity index is 375. The van der Waals surface area contributed by atoms with Crippen LogP contribution in [-0.2, 0) is 19.9 Å². The Balaban J connectivity index is 2.17. The van der Waals surface area contributed by atoms with Crippen LogP contribution < -0.4 is 0 Å². The van der Waals surface area contributed by atoms with Gasteiger partial charge in [0.2, 0.25) is 0 Å². The van der Waals surface area contributed by atoms with E-state index in [1.54, 1.807) is 0 Å². The van der Waals surface area contributed by atoms with Crippen molar-refractivity contribution >= 4 is 11.6 Å². The first kappa shape index (κ1) is 11.9. The number of halogens is 1. The first-order chi connectivity index (χ1) is 7.63. The Morgan fingerprint density at radius 1 is 1.50 bits per heavy atom. The summed E-state index contributed by atoms with van der Waals surface area (Å²) in [5, 5.41) is 15.0. The van der Waals surface area contributed by atoms with Gasteiger partial charge in [-0.3, -0.25) is 4.68 Å². The molecule has 1 aliphatic rings. The van der Waals surface area contributed by atoms with Crippen LogP contribution in [0, 0.1) is 5.92 Å². The maximum atomic E-state index is 9.82. The minimum Gasteiger partial charge on any atom is -0.393 e. The molecule has 1 saturated carbocycles. The lowest BCUT2D eigenvalue weighted by Crippen LogP contribution is -2.17. The van der Waals surface area contributed by atoms with Gasteiger partial charge in [0.25, 0.3) is 0 Å². The minimum absolute atomic E-state index is 0.156. The highest BCUT2D eigenvalue weighted by Crippen LogP contribution is 2.31. The molecular weight excluding hydrogens is 224 g/mol. The van der Waals surface area contributed by atoms with E-state index in [0.717, 1.165) is 48.5 Å². The summed E-state index contributed by atoms with van der Waals surface area (Å²) in [4.78, 5) is 0. The lowest BCUT2D eigenvalue weighted by Gasteiger charge is -2.14. The molecule has 2 rings (SSSR count). The van der Waals surface area contributed by atoms with E-state index in [1.807, 2.05) is 11.7 Å². The molecule has 1 N–H and O–H groups in total. The van der Waals surface area contributed by atoms with Crippen molar-refractivity contribution in [3.8, 4) is 0 Å². The largest absolute Gasteiger partial charge is 0.393 e. The summed E-state index contributed by atoms with van der Waals surface area (Å²) in [6.07, 6.45) is 4.71. The third-order valence-corrected chi connectivity index (χ3v) is 4.01. The van der Waals surface area contributed by atoms with Crippen molar-refractivity contribution in [3.63, 3.8) is 0 Å². The van der Waals surface area contributed by atoms with Crippen LogP contribution in [0.1, 0.15) is 37.6 Å². The predicted octanol–water partition coefficient (Wildman–Crippen LogP) is 2.34. The molecule has 1 aromatic rings. The van der Waals surface area contributed by atoms with Crippen molar-refractivity contribution in [2.24, 2.45) is 13.0 Å². The van der Waals surface area contributed by atoms with Crippen LogP contribution in [0.5, 0.6) is 0 Å². The van der Waals surface area contributed by atoms with E-state index in [1.165, 1.54) is 0 Å². The average molecular weight is 243 g/mol. The second kappa shape index (κ2) is 4.76. The fraction of sp³-hybridized carbons (Fsp3) is 0.750. The van der Waals surface area contributed by atoms with Gasteiger partial charge in [-0.2, -0.15) is 5.10 Å². The Labute approximate surface area is 101 Å². The van der Waals surface area contributed by atoms with Gasteiger partial charge in [-0.15, -0.1) is 0 Å². The van der Waals surface area contributed by atoms with Crippen molar-refractivity contribution < 1.29 is 5.11 Å². The first-order valence-electron chi connectivity index (χ1n) is 6.01. The van der Waals surface area contributed by atoms with Crippen LogP contribution >= 0.6 is 11.6 Å². The summed E-state index contributed by atoms with van der Waals surface area (Å²) in [5.41, 5.74) is 2.04. The summed E-state index contributed by atoms with van der Waals surface area (Å²) in [5.74, 6) is 0.359. The van der Waals surface area contributed by atoms with Gasteiger partial charge < -0.3 is 5.11 Å². The Hall–Kier alpha value is -0.540. The molecule has 90 valence electrons. The van der Waals surface area contributed by atoms with Crippen LogP contribution in [0.15, 0.2) is 0 Å². The maximum Gasteiger partial charge on any atom is 0.0849 e. The third-order valence-electron chi connectivity index (χ3n) is 3.58. The van der Waals surface area contributed by atoms with Crippen LogP contribution in [0.2, 0.25) is 5.02 Å². The average Bonchev–Trinajstić information content (AvgIpc) is 2.77. The summed E-state index contributed by atoms with van der Waals surface area (Å²) in [6, 6.07) is 0. The SMILES string of the molecule is CCc1nn(C)c(CC2CCCC2O)c1Cl. The smallest absolute Gasteiger partial charge is 0.0849 e. The zero-order valence-electron chi connectivity index (χ0n) is 9.91. The van der Waals surface area contributed by atoms with E-state index in [9.17, 15) is 5.11 Å². The third kappa shape index (κ3) is 2.11. The Kier molecular flexibility index (Phi) is 3.55. The van der Waals surface area contributed by atoms with Gasteiger partial charge >= 0.3 is 0 Å². The zero-order valence-corrected chi connectivity index (χ0v) is 10.7. The molecule has 4 heteroatoms. The van der Waals surface area contributed by atoms with Gasteiger partial charge in [-0.05, 0) is 31.6 Å². The number of aliphatic hydroxyl groups excluding tert-OH is 1. The van der Waals surface area contributed by atoms with Crippen LogP contribution in [0.4, 0.5) is 0 Å². The topological polar surface area (TPSA) is 38.0 Å². The molecule has 2 atom stereocenters. The van der Waals surface area contributed by atoms with Crippen molar-refractivity contribution in [2.75, 3.05) is 0 Å². The molecule has 1 aromatic heterocycles. The van der Waals surface area contributed by atoms with Crippen molar-refractivity contribution in [3.05, 3.63) is 16.4 Å². The number of aryl methyl sites for hydroxylation is 2. The molecule has 0 aromatic carbocycles. The monoisotopic (exact) mass is 242 g/mol. The summed E-state index contributed by atoms with van der Waals surface area (Å²) >= 11 is 6.29. The molecule has 1 aliphatic carbocycles. The lowest BCUT2D eigenvalue weighted by atomic mass is 9.99. The highest BCUT2D eigenvalue weighted by Gasteiger charge is 2.27. The number of aromatic nitrogens is 2. The fourth-order valence-corrected chi connectivity index (χ4v) is 2.92. The highest BCUT2D eigenvalue weighted by atomic mass is 35.5. The zero-order chi connectivity index (χ0) is 11.7. The van der Waals surface area contributed by atoms with Gasteiger partial charge in [0.15, 0.2) is 0 Å².